The van der Waals surface area contributed by atoms with Gasteiger partial charge in [-0.25, -0.2) is 9.78 Å². The molecule has 3 rings (SSSR count). The van der Waals surface area contributed by atoms with Gasteiger partial charge in [-0.3, -0.25) is 4.79 Å². The van der Waals surface area contributed by atoms with Gasteiger partial charge in [0.25, 0.3) is 0 Å². The lowest BCUT2D eigenvalue weighted by Gasteiger charge is -2.14. The van der Waals surface area contributed by atoms with Crippen LogP contribution in [-0.2, 0) is 33.7 Å². The minimum Gasteiger partial charge on any atom is -0.463 e. The lowest BCUT2D eigenvalue weighted by molar-refractivity contribution is -0.137. The first-order valence-electron chi connectivity index (χ1n) is 13.5. The Morgan fingerprint density at radius 1 is 1.00 bits per heavy atom. The molecular weight excluding hydrogens is 474 g/mol. The number of allylic oxidation sites excluding steroid dienone is 1. The van der Waals surface area contributed by atoms with Crippen LogP contribution in [0.3, 0.4) is 0 Å². The Balaban J connectivity index is 1.46. The van der Waals surface area contributed by atoms with Crippen molar-refractivity contribution >= 4 is 18.0 Å². The molecule has 1 amide bonds. The number of esters is 1. The molecule has 1 N–H and O–H groups in total. The number of nitrogens with zero attached hydrogens (tertiary/aromatic N) is 2. The number of imidazole rings is 1. The van der Waals surface area contributed by atoms with Crippen molar-refractivity contribution in [1.82, 2.24) is 14.9 Å². The van der Waals surface area contributed by atoms with E-state index in [1.807, 2.05) is 35.0 Å². The first-order valence-corrected chi connectivity index (χ1v) is 13.5. The Hall–Kier alpha value is -3.93. The van der Waals surface area contributed by atoms with Crippen molar-refractivity contribution in [1.29, 1.82) is 0 Å². The number of benzene rings is 2. The molecule has 0 aliphatic heterocycles. The summed E-state index contributed by atoms with van der Waals surface area (Å²) in [6.07, 6.45) is 17.1. The highest BCUT2D eigenvalue weighted by Crippen LogP contribution is 2.10. The Kier molecular flexibility index (Phi) is 12.6. The van der Waals surface area contributed by atoms with Gasteiger partial charge >= 0.3 is 5.97 Å². The van der Waals surface area contributed by atoms with Crippen molar-refractivity contribution in [3.63, 3.8) is 0 Å². The molecule has 0 radical (unpaired) electrons. The summed E-state index contributed by atoms with van der Waals surface area (Å²) in [5, 5.41) is 3.06. The lowest BCUT2D eigenvalue weighted by atomic mass is 10.1. The van der Waals surface area contributed by atoms with Gasteiger partial charge in [0.1, 0.15) is 0 Å². The third-order valence-electron chi connectivity index (χ3n) is 6.10. The SMILES string of the molecule is CCOC(=O)C=CC(Cc1cn(CC=Cc2ccccc2)cn1)NC(=O)CCCCCCc1ccccc1. The predicted molar refractivity (Wildman–Crippen MR) is 152 cm³/mol. The summed E-state index contributed by atoms with van der Waals surface area (Å²) in [6, 6.07) is 20.3. The largest absolute Gasteiger partial charge is 0.463 e. The van der Waals surface area contributed by atoms with Gasteiger partial charge in [-0.15, -0.1) is 0 Å². The number of carbonyl (C=O) groups is 2. The molecule has 0 bridgehead atoms. The molecule has 1 unspecified atom stereocenters. The Bertz CT molecular complexity index is 1150. The van der Waals surface area contributed by atoms with E-state index in [4.69, 9.17) is 4.74 Å². The van der Waals surface area contributed by atoms with Crippen LogP contribution in [0.5, 0.6) is 0 Å². The zero-order valence-electron chi connectivity index (χ0n) is 22.3. The van der Waals surface area contributed by atoms with Crippen LogP contribution in [0.25, 0.3) is 6.08 Å². The third-order valence-corrected chi connectivity index (χ3v) is 6.10. The first kappa shape index (κ1) is 28.6. The average molecular weight is 514 g/mol. The second-order valence-electron chi connectivity index (χ2n) is 9.26. The monoisotopic (exact) mass is 513 g/mol. The number of aromatic nitrogens is 2. The molecule has 1 aromatic heterocycles. The maximum absolute atomic E-state index is 12.7. The highest BCUT2D eigenvalue weighted by Gasteiger charge is 2.13. The van der Waals surface area contributed by atoms with Crippen molar-refractivity contribution in [2.75, 3.05) is 6.61 Å². The summed E-state index contributed by atoms with van der Waals surface area (Å²) in [5.74, 6) is -0.432. The Morgan fingerprint density at radius 2 is 1.74 bits per heavy atom. The van der Waals surface area contributed by atoms with E-state index in [9.17, 15) is 9.59 Å². The summed E-state index contributed by atoms with van der Waals surface area (Å²) in [6.45, 7) is 2.77. The van der Waals surface area contributed by atoms with E-state index in [0.717, 1.165) is 43.4 Å². The number of amides is 1. The van der Waals surface area contributed by atoms with Crippen LogP contribution in [0, 0.1) is 0 Å². The predicted octanol–water partition coefficient (Wildman–Crippen LogP) is 5.94. The molecule has 0 spiro atoms. The summed E-state index contributed by atoms with van der Waals surface area (Å²) in [4.78, 5) is 29.0. The quantitative estimate of drug-likeness (QED) is 0.146. The molecule has 0 fully saturated rings. The van der Waals surface area contributed by atoms with Crippen LogP contribution >= 0.6 is 0 Å². The van der Waals surface area contributed by atoms with Gasteiger partial charge in [-0.1, -0.05) is 91.7 Å². The molecule has 3 aromatic rings. The number of nitrogens with one attached hydrogen (secondary N) is 1. The molecule has 2 aromatic carbocycles. The maximum Gasteiger partial charge on any atom is 0.330 e. The normalized spacial score (nSPS) is 12.1. The molecule has 0 saturated carbocycles. The first-order chi connectivity index (χ1) is 18.6. The van der Waals surface area contributed by atoms with Crippen LogP contribution in [0.2, 0.25) is 0 Å². The molecule has 0 aliphatic carbocycles. The summed E-state index contributed by atoms with van der Waals surface area (Å²) >= 11 is 0. The zero-order chi connectivity index (χ0) is 26.8. The van der Waals surface area contributed by atoms with Crippen molar-refractivity contribution in [3.8, 4) is 0 Å². The van der Waals surface area contributed by atoms with Crippen LogP contribution < -0.4 is 5.32 Å². The van der Waals surface area contributed by atoms with E-state index < -0.39 is 5.97 Å². The fraction of sp³-hybridized carbons (Fsp3) is 0.344. The highest BCUT2D eigenvalue weighted by atomic mass is 16.5. The Labute approximate surface area is 226 Å². The van der Waals surface area contributed by atoms with Gasteiger partial charge in [0.15, 0.2) is 0 Å². The molecule has 6 nitrogen and oxygen atoms in total. The molecule has 1 heterocycles. The molecule has 0 saturated heterocycles. The van der Waals surface area contributed by atoms with E-state index in [2.05, 4.69) is 58.9 Å². The van der Waals surface area contributed by atoms with Crippen LogP contribution in [-0.4, -0.2) is 34.1 Å². The van der Waals surface area contributed by atoms with Crippen LogP contribution in [0.1, 0.15) is 55.8 Å². The molecule has 200 valence electrons. The second-order valence-corrected chi connectivity index (χ2v) is 9.26. The van der Waals surface area contributed by atoms with E-state index in [1.165, 1.54) is 11.6 Å². The van der Waals surface area contributed by atoms with E-state index in [0.29, 0.717) is 26.0 Å². The zero-order valence-corrected chi connectivity index (χ0v) is 22.3. The number of aryl methyl sites for hydroxylation is 1. The summed E-state index contributed by atoms with van der Waals surface area (Å²) < 4.78 is 7.00. The number of unbranched alkanes of at least 4 members (excludes halogenated alkanes) is 3. The molecule has 1 atom stereocenters. The number of hydrogen-bond donors (Lipinski definition) is 1. The smallest absolute Gasteiger partial charge is 0.330 e. The average Bonchev–Trinajstić information content (AvgIpc) is 3.37. The van der Waals surface area contributed by atoms with Crippen molar-refractivity contribution in [3.05, 3.63) is 108 Å². The van der Waals surface area contributed by atoms with E-state index >= 15 is 0 Å². The van der Waals surface area contributed by atoms with Gasteiger partial charge in [0, 0.05) is 31.7 Å². The topological polar surface area (TPSA) is 73.2 Å². The summed E-state index contributed by atoms with van der Waals surface area (Å²) in [5.41, 5.74) is 3.35. The Morgan fingerprint density at radius 3 is 2.50 bits per heavy atom. The molecule has 6 heteroatoms. The molecule has 0 aliphatic rings. The van der Waals surface area contributed by atoms with Crippen molar-refractivity contribution < 1.29 is 14.3 Å². The highest BCUT2D eigenvalue weighted by molar-refractivity contribution is 5.82. The number of hydrogen-bond acceptors (Lipinski definition) is 4. The van der Waals surface area contributed by atoms with E-state index in [1.54, 1.807) is 19.3 Å². The van der Waals surface area contributed by atoms with Gasteiger partial charge in [-0.05, 0) is 37.3 Å². The number of ether oxygens (including phenoxy) is 1. The van der Waals surface area contributed by atoms with Gasteiger partial charge in [0.2, 0.25) is 5.91 Å². The fourth-order valence-corrected chi connectivity index (χ4v) is 4.16. The standard InChI is InChI=1S/C32H39N3O3/c1-2-38-32(37)22-21-29(34-31(36)20-12-4-3-7-14-27-15-8-5-9-16-27)24-30-25-35(26-33-30)23-13-19-28-17-10-6-11-18-28/h5-6,8-11,13,15-19,21-22,25-26,29H,2-4,7,12,14,20,23-24H2,1H3,(H,34,36). The third kappa shape index (κ3) is 11.4. The fourth-order valence-electron chi connectivity index (χ4n) is 4.16. The molecular formula is C32H39N3O3. The van der Waals surface area contributed by atoms with E-state index in [-0.39, 0.29) is 11.9 Å². The number of carbonyl (C=O) groups excluding carboxylic acids is 2. The maximum atomic E-state index is 12.7. The second kappa shape index (κ2) is 16.7. The minimum absolute atomic E-state index is 0.0169. The minimum atomic E-state index is -0.415. The van der Waals surface area contributed by atoms with Crippen molar-refractivity contribution in [2.24, 2.45) is 0 Å². The summed E-state index contributed by atoms with van der Waals surface area (Å²) in [7, 11) is 0. The number of rotatable bonds is 16. The van der Waals surface area contributed by atoms with Gasteiger partial charge < -0.3 is 14.6 Å². The van der Waals surface area contributed by atoms with Gasteiger partial charge in [0.05, 0.1) is 24.7 Å². The molecule has 38 heavy (non-hydrogen) atoms. The van der Waals surface area contributed by atoms with Crippen LogP contribution in [0.4, 0.5) is 0 Å². The van der Waals surface area contributed by atoms with Crippen molar-refractivity contribution in [2.45, 2.75) is 64.5 Å². The van der Waals surface area contributed by atoms with Gasteiger partial charge in [-0.2, -0.15) is 0 Å². The van der Waals surface area contributed by atoms with Crippen LogP contribution in [0.15, 0.2) is 91.4 Å². The lowest BCUT2D eigenvalue weighted by Crippen LogP contribution is -2.35.